The molecule has 4 rings (SSSR count). The zero-order valence-corrected chi connectivity index (χ0v) is 15.8. The number of anilines is 1. The maximum atomic E-state index is 12.5. The standard InChI is InChI=1S/C18H15N3O4S2/c1-12(13-5-3-2-4-6-13)21-15-8-7-14(11-16(15)25-18(21)22)27(23,24)20-17-19-9-10-26-17/h2-12H,1H3,(H,19,20). The van der Waals surface area contributed by atoms with E-state index in [1.807, 2.05) is 37.3 Å². The van der Waals surface area contributed by atoms with Gasteiger partial charge in [0.1, 0.15) is 0 Å². The minimum absolute atomic E-state index is 0.00142. The number of benzene rings is 2. The topological polar surface area (TPSA) is 94.2 Å². The molecule has 0 aliphatic rings. The molecule has 2 aromatic carbocycles. The Balaban J connectivity index is 1.76. The molecule has 7 nitrogen and oxygen atoms in total. The first-order valence-electron chi connectivity index (χ1n) is 8.08. The number of oxazole rings is 1. The molecule has 0 spiro atoms. The van der Waals surface area contributed by atoms with Gasteiger partial charge in [-0.1, -0.05) is 30.3 Å². The maximum absolute atomic E-state index is 12.5. The van der Waals surface area contributed by atoms with Crippen LogP contribution in [0.5, 0.6) is 0 Å². The lowest BCUT2D eigenvalue weighted by atomic mass is 10.1. The molecule has 1 N–H and O–H groups in total. The summed E-state index contributed by atoms with van der Waals surface area (Å²) in [6.07, 6.45) is 1.51. The average molecular weight is 401 g/mol. The number of nitrogens with zero attached hydrogens (tertiary/aromatic N) is 2. The number of aromatic nitrogens is 2. The van der Waals surface area contributed by atoms with Crippen molar-refractivity contribution < 1.29 is 12.8 Å². The summed E-state index contributed by atoms with van der Waals surface area (Å²) in [6, 6.07) is 13.7. The van der Waals surface area contributed by atoms with E-state index in [1.165, 1.54) is 34.2 Å². The molecule has 27 heavy (non-hydrogen) atoms. The van der Waals surface area contributed by atoms with E-state index in [1.54, 1.807) is 11.4 Å². The minimum Gasteiger partial charge on any atom is -0.408 e. The first kappa shape index (κ1) is 17.5. The lowest BCUT2D eigenvalue weighted by Crippen LogP contribution is -2.19. The van der Waals surface area contributed by atoms with Crippen molar-refractivity contribution in [3.8, 4) is 0 Å². The Morgan fingerprint density at radius 3 is 2.67 bits per heavy atom. The fourth-order valence-corrected chi connectivity index (χ4v) is 4.68. The summed E-state index contributed by atoms with van der Waals surface area (Å²) in [6.45, 7) is 1.89. The van der Waals surface area contributed by atoms with E-state index < -0.39 is 15.8 Å². The fraction of sp³-hybridized carbons (Fsp3) is 0.111. The molecule has 1 unspecified atom stereocenters. The third kappa shape index (κ3) is 3.26. The van der Waals surface area contributed by atoms with E-state index >= 15 is 0 Å². The van der Waals surface area contributed by atoms with Gasteiger partial charge in [-0.3, -0.25) is 9.29 Å². The largest absolute Gasteiger partial charge is 0.420 e. The Hall–Kier alpha value is -2.91. The smallest absolute Gasteiger partial charge is 0.408 e. The number of hydrogen-bond acceptors (Lipinski definition) is 6. The second-order valence-corrected chi connectivity index (χ2v) is 8.47. The number of rotatable bonds is 5. The Labute approximate surface area is 159 Å². The molecule has 0 aliphatic heterocycles. The predicted molar refractivity (Wildman–Crippen MR) is 104 cm³/mol. The minimum atomic E-state index is -3.82. The third-order valence-corrected chi connectivity index (χ3v) is 6.37. The van der Waals surface area contributed by atoms with Crippen LogP contribution in [0.25, 0.3) is 11.1 Å². The molecular weight excluding hydrogens is 386 g/mol. The lowest BCUT2D eigenvalue weighted by molar-refractivity contribution is 0.489. The van der Waals surface area contributed by atoms with Gasteiger partial charge in [0, 0.05) is 17.6 Å². The van der Waals surface area contributed by atoms with Crippen LogP contribution in [0.15, 0.2) is 74.2 Å². The van der Waals surface area contributed by atoms with Crippen LogP contribution in [0.4, 0.5) is 5.13 Å². The van der Waals surface area contributed by atoms with Gasteiger partial charge in [-0.2, -0.15) is 0 Å². The highest BCUT2D eigenvalue weighted by Crippen LogP contribution is 2.25. The molecule has 4 aromatic rings. The second kappa shape index (κ2) is 6.67. The maximum Gasteiger partial charge on any atom is 0.420 e. The summed E-state index contributed by atoms with van der Waals surface area (Å²) in [4.78, 5) is 16.3. The Morgan fingerprint density at radius 2 is 1.96 bits per heavy atom. The van der Waals surface area contributed by atoms with E-state index in [2.05, 4.69) is 9.71 Å². The van der Waals surface area contributed by atoms with Crippen molar-refractivity contribution >= 4 is 37.6 Å². The molecule has 9 heteroatoms. The van der Waals surface area contributed by atoms with Crippen LogP contribution in [0.1, 0.15) is 18.5 Å². The van der Waals surface area contributed by atoms with E-state index in [0.717, 1.165) is 5.56 Å². The Kier molecular flexibility index (Phi) is 4.33. The molecule has 0 saturated carbocycles. The van der Waals surface area contributed by atoms with Crippen LogP contribution in [-0.4, -0.2) is 18.0 Å². The summed E-state index contributed by atoms with van der Waals surface area (Å²) >= 11 is 1.18. The molecule has 0 aliphatic carbocycles. The van der Waals surface area contributed by atoms with Crippen molar-refractivity contribution in [2.75, 3.05) is 4.72 Å². The fourth-order valence-electron chi connectivity index (χ4n) is 2.88. The molecule has 0 fully saturated rings. The van der Waals surface area contributed by atoms with Gasteiger partial charge >= 0.3 is 5.76 Å². The zero-order valence-electron chi connectivity index (χ0n) is 14.2. The van der Waals surface area contributed by atoms with Crippen molar-refractivity contribution in [3.63, 3.8) is 0 Å². The van der Waals surface area contributed by atoms with Crippen molar-refractivity contribution in [2.45, 2.75) is 17.9 Å². The highest BCUT2D eigenvalue weighted by atomic mass is 32.2. The van der Waals surface area contributed by atoms with Crippen molar-refractivity contribution in [3.05, 3.63) is 76.2 Å². The molecule has 0 bridgehead atoms. The Morgan fingerprint density at radius 1 is 1.19 bits per heavy atom. The average Bonchev–Trinajstić information content (AvgIpc) is 3.27. The number of fused-ring (bicyclic) bond motifs is 1. The van der Waals surface area contributed by atoms with Gasteiger partial charge in [0.2, 0.25) is 0 Å². The highest BCUT2D eigenvalue weighted by molar-refractivity contribution is 7.93. The molecule has 138 valence electrons. The number of nitrogens with one attached hydrogen (secondary N) is 1. The second-order valence-electron chi connectivity index (χ2n) is 5.90. The molecule has 0 amide bonds. The third-order valence-electron chi connectivity index (χ3n) is 4.22. The lowest BCUT2D eigenvalue weighted by Gasteiger charge is -2.13. The van der Waals surface area contributed by atoms with Gasteiger partial charge in [-0.15, -0.1) is 11.3 Å². The van der Waals surface area contributed by atoms with Gasteiger partial charge in [-0.25, -0.2) is 18.2 Å². The predicted octanol–water partition coefficient (Wildman–Crippen LogP) is 3.46. The van der Waals surface area contributed by atoms with Crippen molar-refractivity contribution in [1.29, 1.82) is 0 Å². The first-order valence-corrected chi connectivity index (χ1v) is 10.4. The summed E-state index contributed by atoms with van der Waals surface area (Å²) < 4.78 is 34.3. The quantitative estimate of drug-likeness (QED) is 0.553. The first-order chi connectivity index (χ1) is 13.0. The zero-order chi connectivity index (χ0) is 19.0. The van der Waals surface area contributed by atoms with Crippen LogP contribution in [0.3, 0.4) is 0 Å². The molecule has 1 atom stereocenters. The van der Waals surface area contributed by atoms with Gasteiger partial charge in [0.25, 0.3) is 10.0 Å². The molecule has 2 heterocycles. The molecule has 0 saturated heterocycles. The SMILES string of the molecule is CC(c1ccccc1)n1c(=O)oc2cc(S(=O)(=O)Nc3nccs3)ccc21. The van der Waals surface area contributed by atoms with E-state index in [9.17, 15) is 13.2 Å². The highest BCUT2D eigenvalue weighted by Gasteiger charge is 2.21. The van der Waals surface area contributed by atoms with Gasteiger partial charge < -0.3 is 4.42 Å². The number of hydrogen-bond donors (Lipinski definition) is 1. The van der Waals surface area contributed by atoms with E-state index in [4.69, 9.17) is 4.42 Å². The molecule has 2 aromatic heterocycles. The normalized spacial score (nSPS) is 12.9. The van der Waals surface area contributed by atoms with Gasteiger partial charge in [0.05, 0.1) is 16.5 Å². The summed E-state index contributed by atoms with van der Waals surface area (Å²) in [5.41, 5.74) is 1.69. The Bertz CT molecular complexity index is 1240. The summed E-state index contributed by atoms with van der Waals surface area (Å²) in [7, 11) is -3.82. The van der Waals surface area contributed by atoms with Crippen molar-refractivity contribution in [2.24, 2.45) is 0 Å². The van der Waals surface area contributed by atoms with Gasteiger partial charge in [0.15, 0.2) is 10.7 Å². The molecular formula is C18H15N3O4S2. The number of thiazole rings is 1. The van der Waals surface area contributed by atoms with Crippen LogP contribution in [-0.2, 0) is 10.0 Å². The van der Waals surface area contributed by atoms with Crippen LogP contribution >= 0.6 is 11.3 Å². The summed E-state index contributed by atoms with van der Waals surface area (Å²) in [5, 5.41) is 1.94. The van der Waals surface area contributed by atoms with Crippen LogP contribution < -0.4 is 10.5 Å². The number of sulfonamides is 1. The van der Waals surface area contributed by atoms with Gasteiger partial charge in [-0.05, 0) is 24.6 Å². The van der Waals surface area contributed by atoms with E-state index in [-0.39, 0.29) is 21.7 Å². The molecule has 0 radical (unpaired) electrons. The van der Waals surface area contributed by atoms with Crippen LogP contribution in [0, 0.1) is 0 Å². The summed E-state index contributed by atoms with van der Waals surface area (Å²) in [5.74, 6) is -0.538. The van der Waals surface area contributed by atoms with Crippen molar-refractivity contribution in [1.82, 2.24) is 9.55 Å². The van der Waals surface area contributed by atoms with Crippen LogP contribution in [0.2, 0.25) is 0 Å². The van der Waals surface area contributed by atoms with E-state index in [0.29, 0.717) is 5.52 Å². The monoisotopic (exact) mass is 401 g/mol.